The molecule has 0 aliphatic rings. The second kappa shape index (κ2) is 10.3. The van der Waals surface area contributed by atoms with E-state index in [9.17, 15) is 18.6 Å². The van der Waals surface area contributed by atoms with Crippen molar-refractivity contribution in [1.82, 2.24) is 0 Å². The Morgan fingerprint density at radius 1 is 0.765 bits per heavy atom. The molecule has 3 aromatic carbocycles. The zero-order valence-electron chi connectivity index (χ0n) is 19.0. The van der Waals surface area contributed by atoms with Crippen molar-refractivity contribution in [1.29, 1.82) is 0 Å². The molecule has 9 nitrogen and oxygen atoms in total. The van der Waals surface area contributed by atoms with Crippen LogP contribution in [-0.2, 0) is 10.0 Å². The fraction of sp³-hybridized carbons (Fsp3) is 0.167. The van der Waals surface area contributed by atoms with Crippen LogP contribution in [0, 0.1) is 0 Å². The number of nitrogens with one attached hydrogen (secondary N) is 1. The van der Waals surface area contributed by atoms with Gasteiger partial charge in [-0.1, -0.05) is 12.2 Å². The Morgan fingerprint density at radius 3 is 1.88 bits per heavy atom. The molecule has 0 heterocycles. The summed E-state index contributed by atoms with van der Waals surface area (Å²) < 4.78 is 49.5. The van der Waals surface area contributed by atoms with Crippen molar-refractivity contribution in [3.8, 4) is 34.5 Å². The van der Waals surface area contributed by atoms with Crippen molar-refractivity contribution in [2.45, 2.75) is 4.90 Å². The molecular formula is C24H25NO8S. The molecule has 0 aliphatic carbocycles. The van der Waals surface area contributed by atoms with Gasteiger partial charge in [-0.3, -0.25) is 4.72 Å². The van der Waals surface area contributed by atoms with Crippen molar-refractivity contribution in [2.75, 3.05) is 33.2 Å². The van der Waals surface area contributed by atoms with E-state index in [-0.39, 0.29) is 27.8 Å². The van der Waals surface area contributed by atoms with Gasteiger partial charge in [-0.2, -0.15) is 0 Å². The monoisotopic (exact) mass is 487 g/mol. The van der Waals surface area contributed by atoms with E-state index < -0.39 is 10.0 Å². The minimum Gasteiger partial charge on any atom is -0.508 e. The van der Waals surface area contributed by atoms with Gasteiger partial charge in [0, 0.05) is 11.6 Å². The maximum atomic E-state index is 12.9. The van der Waals surface area contributed by atoms with Gasteiger partial charge in [-0.05, 0) is 48.0 Å². The van der Waals surface area contributed by atoms with Crippen LogP contribution in [0.15, 0.2) is 53.4 Å². The van der Waals surface area contributed by atoms with Gasteiger partial charge in [-0.25, -0.2) is 8.42 Å². The maximum Gasteiger partial charge on any atom is 0.261 e. The molecule has 3 rings (SSSR count). The number of aromatic hydroxyl groups is 2. The Bertz CT molecular complexity index is 1280. The maximum absolute atomic E-state index is 12.9. The Hall–Kier alpha value is -4.05. The first-order valence-electron chi connectivity index (χ1n) is 9.93. The topological polar surface area (TPSA) is 124 Å². The Kier molecular flexibility index (Phi) is 7.42. The van der Waals surface area contributed by atoms with E-state index in [4.69, 9.17) is 18.9 Å². The number of phenolic OH excluding ortho intramolecular Hbond substituents is 2. The molecule has 0 saturated carbocycles. The highest BCUT2D eigenvalue weighted by Crippen LogP contribution is 2.39. The second-order valence-electron chi connectivity index (χ2n) is 7.00. The summed E-state index contributed by atoms with van der Waals surface area (Å²) in [4.78, 5) is -0.0445. The standard InChI is InChI=1S/C24H25NO8S/c1-30-21-14-19(25-34(28,29)18-9-7-17(26)8-10-18)16(13-20(21)27)6-5-15-11-22(31-2)24(33-4)23(12-15)32-3/h5-14,25-27H,1-4H3/b6-5-. The molecule has 0 atom stereocenters. The SMILES string of the molecule is COc1cc(NS(=O)(=O)c2ccc(O)cc2)c(/C=C\c2cc(OC)c(OC)c(OC)c2)cc1O. The Morgan fingerprint density at radius 2 is 1.35 bits per heavy atom. The van der Waals surface area contributed by atoms with Gasteiger partial charge in [0.15, 0.2) is 23.0 Å². The zero-order chi connectivity index (χ0) is 24.9. The van der Waals surface area contributed by atoms with Gasteiger partial charge >= 0.3 is 0 Å². The predicted molar refractivity (Wildman–Crippen MR) is 129 cm³/mol. The lowest BCUT2D eigenvalue weighted by molar-refractivity contribution is 0.324. The summed E-state index contributed by atoms with van der Waals surface area (Å²) in [6.07, 6.45) is 3.32. The highest BCUT2D eigenvalue weighted by atomic mass is 32.2. The number of methoxy groups -OCH3 is 4. The van der Waals surface area contributed by atoms with Gasteiger partial charge < -0.3 is 29.2 Å². The molecule has 0 aliphatic heterocycles. The van der Waals surface area contributed by atoms with Gasteiger partial charge in [0.1, 0.15) is 5.75 Å². The minimum atomic E-state index is -3.99. The largest absolute Gasteiger partial charge is 0.508 e. The lowest BCUT2D eigenvalue weighted by Crippen LogP contribution is -2.13. The van der Waals surface area contributed by atoms with Crippen LogP contribution in [-0.4, -0.2) is 47.1 Å². The summed E-state index contributed by atoms with van der Waals surface area (Å²) in [6.45, 7) is 0. The predicted octanol–water partition coefficient (Wildman–Crippen LogP) is 4.10. The molecule has 0 bridgehead atoms. The quantitative estimate of drug-likeness (QED) is 0.304. The second-order valence-corrected chi connectivity index (χ2v) is 8.69. The summed E-state index contributed by atoms with van der Waals surface area (Å²) in [6, 6.07) is 11.3. The van der Waals surface area contributed by atoms with E-state index >= 15 is 0 Å². The normalized spacial score (nSPS) is 11.3. The van der Waals surface area contributed by atoms with Crippen LogP contribution in [0.2, 0.25) is 0 Å². The first kappa shape index (κ1) is 24.6. The number of phenols is 2. The molecule has 180 valence electrons. The average Bonchev–Trinajstić information content (AvgIpc) is 2.83. The van der Waals surface area contributed by atoms with Crippen molar-refractivity contribution in [3.63, 3.8) is 0 Å². The van der Waals surface area contributed by atoms with Crippen LogP contribution in [0.4, 0.5) is 5.69 Å². The highest BCUT2D eigenvalue weighted by Gasteiger charge is 2.18. The fourth-order valence-corrected chi connectivity index (χ4v) is 4.27. The molecule has 0 aromatic heterocycles. The zero-order valence-corrected chi connectivity index (χ0v) is 19.8. The minimum absolute atomic E-state index is 0.0445. The third kappa shape index (κ3) is 5.29. The van der Waals surface area contributed by atoms with Gasteiger partial charge in [-0.15, -0.1) is 0 Å². The van der Waals surface area contributed by atoms with Crippen molar-refractivity contribution in [3.05, 3.63) is 59.7 Å². The average molecular weight is 488 g/mol. The number of ether oxygens (including phenoxy) is 4. The van der Waals surface area contributed by atoms with E-state index in [1.807, 2.05) is 0 Å². The van der Waals surface area contributed by atoms with Crippen molar-refractivity contribution in [2.24, 2.45) is 0 Å². The smallest absolute Gasteiger partial charge is 0.261 e. The number of sulfonamides is 1. The lowest BCUT2D eigenvalue weighted by atomic mass is 10.1. The van der Waals surface area contributed by atoms with E-state index in [2.05, 4.69) is 4.72 Å². The number of rotatable bonds is 9. The Labute approximate surface area is 197 Å². The summed E-state index contributed by atoms with van der Waals surface area (Å²) in [5, 5.41) is 19.7. The molecule has 3 N–H and O–H groups in total. The van der Waals surface area contributed by atoms with Crippen LogP contribution < -0.4 is 23.7 Å². The molecular weight excluding hydrogens is 462 g/mol. The van der Waals surface area contributed by atoms with E-state index in [1.165, 1.54) is 64.8 Å². The van der Waals surface area contributed by atoms with Crippen LogP contribution in [0.25, 0.3) is 12.2 Å². The van der Waals surface area contributed by atoms with Gasteiger partial charge in [0.2, 0.25) is 5.75 Å². The molecule has 3 aromatic rings. The van der Waals surface area contributed by atoms with Crippen molar-refractivity contribution >= 4 is 27.9 Å². The molecule has 0 unspecified atom stereocenters. The van der Waals surface area contributed by atoms with E-state index in [1.54, 1.807) is 24.3 Å². The van der Waals surface area contributed by atoms with E-state index in [0.29, 0.717) is 28.4 Å². The molecule has 0 saturated heterocycles. The first-order chi connectivity index (χ1) is 16.2. The summed E-state index contributed by atoms with van der Waals surface area (Å²) in [5.41, 5.74) is 1.22. The van der Waals surface area contributed by atoms with Crippen LogP contribution in [0.1, 0.15) is 11.1 Å². The molecule has 0 radical (unpaired) electrons. The molecule has 34 heavy (non-hydrogen) atoms. The highest BCUT2D eigenvalue weighted by molar-refractivity contribution is 7.92. The summed E-state index contributed by atoms with van der Waals surface area (Å²) >= 11 is 0. The van der Waals surface area contributed by atoms with Crippen LogP contribution >= 0.6 is 0 Å². The lowest BCUT2D eigenvalue weighted by Gasteiger charge is -2.14. The summed E-state index contributed by atoms with van der Waals surface area (Å²) in [5.74, 6) is 1.21. The van der Waals surface area contributed by atoms with Crippen molar-refractivity contribution < 1.29 is 37.6 Å². The van der Waals surface area contributed by atoms with Gasteiger partial charge in [0.25, 0.3) is 10.0 Å². The molecule has 0 fully saturated rings. The number of anilines is 1. The van der Waals surface area contributed by atoms with Crippen LogP contribution in [0.3, 0.4) is 0 Å². The summed E-state index contributed by atoms with van der Waals surface area (Å²) in [7, 11) is 1.87. The number of hydrogen-bond donors (Lipinski definition) is 3. The van der Waals surface area contributed by atoms with Gasteiger partial charge in [0.05, 0.1) is 39.0 Å². The number of hydrogen-bond acceptors (Lipinski definition) is 8. The Balaban J connectivity index is 2.04. The van der Waals surface area contributed by atoms with E-state index in [0.717, 1.165) is 0 Å². The number of benzene rings is 3. The fourth-order valence-electron chi connectivity index (χ4n) is 3.19. The molecule has 0 amide bonds. The molecule has 10 heteroatoms. The van der Waals surface area contributed by atoms with Crippen LogP contribution in [0.5, 0.6) is 34.5 Å². The first-order valence-corrected chi connectivity index (χ1v) is 11.4. The molecule has 0 spiro atoms. The third-order valence-corrected chi connectivity index (χ3v) is 6.27. The third-order valence-electron chi connectivity index (χ3n) is 4.88.